The van der Waals surface area contributed by atoms with E-state index >= 15 is 0 Å². The van der Waals surface area contributed by atoms with Crippen molar-refractivity contribution in [2.24, 2.45) is 4.99 Å². The van der Waals surface area contributed by atoms with Gasteiger partial charge in [-0.15, -0.1) is 41.9 Å². The summed E-state index contributed by atoms with van der Waals surface area (Å²) in [5, 5.41) is 5.49. The zero-order chi connectivity index (χ0) is 18.5. The molecule has 0 aliphatic carbocycles. The molecule has 1 amide bonds. The van der Waals surface area contributed by atoms with E-state index in [0.29, 0.717) is 0 Å². The number of nitrogens with zero attached hydrogens (tertiary/aromatic N) is 3. The Bertz CT molecular complexity index is 532. The topological polar surface area (TPSA) is 47.9 Å². The number of likely N-dealkylation sites (N-methyl/N-ethyl adjacent to an activating group) is 1. The minimum Gasteiger partial charge on any atom is -0.356 e. The molecule has 1 N–H and O–H groups in total. The number of halogens is 1. The van der Waals surface area contributed by atoms with Crippen molar-refractivity contribution in [3.8, 4) is 0 Å². The molecule has 0 aliphatic rings. The van der Waals surface area contributed by atoms with E-state index in [1.807, 2.05) is 13.1 Å². The Morgan fingerprint density at radius 2 is 2.08 bits per heavy atom. The van der Waals surface area contributed by atoms with Gasteiger partial charge in [-0.1, -0.05) is 18.6 Å². The zero-order valence-corrected chi connectivity index (χ0v) is 19.4. The molecule has 7 heteroatoms. The summed E-state index contributed by atoms with van der Waals surface area (Å²) in [5.41, 5.74) is 0. The van der Waals surface area contributed by atoms with Gasteiger partial charge in [0.25, 0.3) is 0 Å². The molecule has 1 rings (SSSR count). The van der Waals surface area contributed by atoms with Gasteiger partial charge in [-0.3, -0.25) is 4.79 Å². The summed E-state index contributed by atoms with van der Waals surface area (Å²) in [6.07, 6.45) is 7.46. The lowest BCUT2D eigenvalue weighted by atomic mass is 10.2. The summed E-state index contributed by atoms with van der Waals surface area (Å²) < 4.78 is 0. The first-order valence-corrected chi connectivity index (χ1v) is 9.75. The van der Waals surface area contributed by atoms with Gasteiger partial charge in [-0.2, -0.15) is 0 Å². The van der Waals surface area contributed by atoms with Gasteiger partial charge in [-0.05, 0) is 37.1 Å². The maximum Gasteiger partial charge on any atom is 0.243 e. The monoisotopic (exact) mass is 492 g/mol. The molecular formula is C19H33IN4OS. The van der Waals surface area contributed by atoms with Crippen LogP contribution in [0.25, 0.3) is 0 Å². The standard InChI is InChI=1S/C19H32N4OS.HI/c1-5-6-7-8-9-14-23(4)19(21-16-18(24)22(2)3)20-13-12-17-11-10-15-25-17;/h5,10-11,15H,1,6-9,12-14,16H2,2-4H3,(H,20,21);1H. The van der Waals surface area contributed by atoms with Crippen molar-refractivity contribution in [1.82, 2.24) is 15.1 Å². The van der Waals surface area contributed by atoms with E-state index < -0.39 is 0 Å². The van der Waals surface area contributed by atoms with E-state index in [2.05, 4.69) is 39.3 Å². The maximum atomic E-state index is 11.8. The van der Waals surface area contributed by atoms with E-state index in [9.17, 15) is 4.79 Å². The summed E-state index contributed by atoms with van der Waals surface area (Å²) in [5.74, 6) is 0.812. The van der Waals surface area contributed by atoms with E-state index in [1.54, 1.807) is 30.3 Å². The van der Waals surface area contributed by atoms with Crippen molar-refractivity contribution in [2.75, 3.05) is 40.8 Å². The van der Waals surface area contributed by atoms with Gasteiger partial charge in [0, 0.05) is 39.1 Å². The summed E-state index contributed by atoms with van der Waals surface area (Å²) >= 11 is 1.76. The summed E-state index contributed by atoms with van der Waals surface area (Å²) in [7, 11) is 5.54. The van der Waals surface area contributed by atoms with Crippen LogP contribution in [0, 0.1) is 0 Å². The Balaban J connectivity index is 0.00000625. The number of hydrogen-bond donors (Lipinski definition) is 1. The zero-order valence-electron chi connectivity index (χ0n) is 16.2. The Kier molecular flexibility index (Phi) is 14.4. The highest BCUT2D eigenvalue weighted by Gasteiger charge is 2.09. The molecule has 0 radical (unpaired) electrons. The number of unbranched alkanes of at least 4 members (excludes halogenated alkanes) is 3. The van der Waals surface area contributed by atoms with Crippen LogP contribution in [0.5, 0.6) is 0 Å². The maximum absolute atomic E-state index is 11.8. The number of carbonyl (C=O) groups is 1. The van der Waals surface area contributed by atoms with Gasteiger partial charge in [0.1, 0.15) is 6.54 Å². The highest BCUT2D eigenvalue weighted by atomic mass is 127. The van der Waals surface area contributed by atoms with Gasteiger partial charge < -0.3 is 15.1 Å². The Labute approximate surface area is 179 Å². The first-order chi connectivity index (χ1) is 12.0. The van der Waals surface area contributed by atoms with Crippen molar-refractivity contribution in [2.45, 2.75) is 32.1 Å². The fourth-order valence-corrected chi connectivity index (χ4v) is 2.98. The average Bonchev–Trinajstić information content (AvgIpc) is 3.10. The Morgan fingerprint density at radius 1 is 1.31 bits per heavy atom. The number of thiophene rings is 1. The minimum absolute atomic E-state index is 0. The lowest BCUT2D eigenvalue weighted by Gasteiger charge is -2.22. The first kappa shape index (κ1) is 24.9. The van der Waals surface area contributed by atoms with Crippen LogP contribution >= 0.6 is 35.3 Å². The number of hydrogen-bond acceptors (Lipinski definition) is 3. The van der Waals surface area contributed by atoms with Crippen LogP contribution in [0.2, 0.25) is 0 Å². The third-order valence-electron chi connectivity index (χ3n) is 3.86. The summed E-state index contributed by atoms with van der Waals surface area (Å²) in [4.78, 5) is 21.4. The minimum atomic E-state index is 0. The highest BCUT2D eigenvalue weighted by Crippen LogP contribution is 2.08. The molecule has 1 aromatic heterocycles. The van der Waals surface area contributed by atoms with Gasteiger partial charge in [0.15, 0.2) is 5.96 Å². The van der Waals surface area contributed by atoms with Crippen molar-refractivity contribution < 1.29 is 4.79 Å². The molecule has 1 heterocycles. The second-order valence-corrected chi connectivity index (χ2v) is 7.28. The number of allylic oxidation sites excluding steroid dienone is 1. The molecule has 0 unspecified atom stereocenters. The number of aliphatic imine (C=N–C) groups is 1. The predicted octanol–water partition coefficient (Wildman–Crippen LogP) is 3.62. The van der Waals surface area contributed by atoms with E-state index in [4.69, 9.17) is 0 Å². The predicted molar refractivity (Wildman–Crippen MR) is 124 cm³/mol. The van der Waals surface area contributed by atoms with Crippen molar-refractivity contribution in [3.63, 3.8) is 0 Å². The number of amides is 1. The number of guanidine groups is 1. The Morgan fingerprint density at radius 3 is 2.69 bits per heavy atom. The van der Waals surface area contributed by atoms with Crippen LogP contribution < -0.4 is 5.32 Å². The third-order valence-corrected chi connectivity index (χ3v) is 4.80. The van der Waals surface area contributed by atoms with Crippen LogP contribution in [0.4, 0.5) is 0 Å². The molecule has 148 valence electrons. The van der Waals surface area contributed by atoms with Gasteiger partial charge in [0.2, 0.25) is 5.91 Å². The van der Waals surface area contributed by atoms with E-state index in [-0.39, 0.29) is 36.4 Å². The molecule has 0 bridgehead atoms. The van der Waals surface area contributed by atoms with E-state index in [1.165, 1.54) is 17.7 Å². The smallest absolute Gasteiger partial charge is 0.243 e. The molecule has 0 atom stereocenters. The highest BCUT2D eigenvalue weighted by molar-refractivity contribution is 14.0. The van der Waals surface area contributed by atoms with Crippen LogP contribution in [-0.4, -0.2) is 62.4 Å². The molecule has 0 spiro atoms. The van der Waals surface area contributed by atoms with Gasteiger partial charge >= 0.3 is 0 Å². The van der Waals surface area contributed by atoms with Crippen molar-refractivity contribution in [1.29, 1.82) is 0 Å². The average molecular weight is 492 g/mol. The fraction of sp³-hybridized carbons (Fsp3) is 0.579. The number of rotatable bonds is 11. The van der Waals surface area contributed by atoms with Crippen LogP contribution in [0.15, 0.2) is 35.2 Å². The number of carbonyl (C=O) groups excluding carboxylic acids is 1. The molecule has 5 nitrogen and oxygen atoms in total. The normalized spacial score (nSPS) is 10.8. The Hall–Kier alpha value is -1.09. The third kappa shape index (κ3) is 10.8. The second kappa shape index (κ2) is 15.0. The number of nitrogens with one attached hydrogen (secondary N) is 1. The molecule has 26 heavy (non-hydrogen) atoms. The van der Waals surface area contributed by atoms with E-state index in [0.717, 1.165) is 38.3 Å². The SMILES string of the molecule is C=CCCCCCN(C)C(=NCC(=O)N(C)C)NCCc1cccs1.I. The fourth-order valence-electron chi connectivity index (χ4n) is 2.27. The summed E-state index contributed by atoms with van der Waals surface area (Å²) in [6.45, 7) is 5.68. The van der Waals surface area contributed by atoms with Crippen LogP contribution in [0.1, 0.15) is 30.6 Å². The summed E-state index contributed by atoms with van der Waals surface area (Å²) in [6, 6.07) is 4.21. The molecule has 0 saturated carbocycles. The first-order valence-electron chi connectivity index (χ1n) is 8.87. The largest absolute Gasteiger partial charge is 0.356 e. The van der Waals surface area contributed by atoms with Crippen molar-refractivity contribution >= 4 is 47.2 Å². The van der Waals surface area contributed by atoms with Crippen LogP contribution in [-0.2, 0) is 11.2 Å². The van der Waals surface area contributed by atoms with Gasteiger partial charge in [-0.25, -0.2) is 4.99 Å². The lowest BCUT2D eigenvalue weighted by molar-refractivity contribution is -0.127. The molecular weight excluding hydrogens is 459 g/mol. The second-order valence-electron chi connectivity index (χ2n) is 6.24. The van der Waals surface area contributed by atoms with Crippen molar-refractivity contribution in [3.05, 3.63) is 35.0 Å². The molecule has 0 aromatic carbocycles. The molecule has 1 aromatic rings. The molecule has 0 aliphatic heterocycles. The lowest BCUT2D eigenvalue weighted by Crippen LogP contribution is -2.41. The van der Waals surface area contributed by atoms with Gasteiger partial charge in [0.05, 0.1) is 0 Å². The molecule has 0 fully saturated rings. The quantitative estimate of drug-likeness (QED) is 0.169. The molecule has 0 saturated heterocycles. The van der Waals surface area contributed by atoms with Crippen LogP contribution in [0.3, 0.4) is 0 Å².